The Morgan fingerprint density at radius 2 is 1.60 bits per heavy atom. The Balaban J connectivity index is 1.80. The van der Waals surface area contributed by atoms with E-state index in [0.717, 1.165) is 37.2 Å². The molecule has 0 saturated carbocycles. The molecule has 2 rings (SSSR count). The van der Waals surface area contributed by atoms with Crippen LogP contribution in [0.2, 0.25) is 0 Å². The van der Waals surface area contributed by atoms with Crippen LogP contribution in [0.25, 0.3) is 0 Å². The van der Waals surface area contributed by atoms with Gasteiger partial charge < -0.3 is 14.5 Å². The zero-order valence-electron chi connectivity index (χ0n) is 15.7. The third-order valence-corrected chi connectivity index (χ3v) is 4.57. The highest BCUT2D eigenvalue weighted by molar-refractivity contribution is 5.78. The van der Waals surface area contributed by atoms with Crippen molar-refractivity contribution >= 4 is 11.8 Å². The number of methoxy groups -OCH3 is 1. The summed E-state index contributed by atoms with van der Waals surface area (Å²) < 4.78 is 5.15. The second kappa shape index (κ2) is 9.44. The van der Waals surface area contributed by atoms with Gasteiger partial charge in [0, 0.05) is 39.0 Å². The van der Waals surface area contributed by atoms with Crippen LogP contribution in [0.1, 0.15) is 38.7 Å². The van der Waals surface area contributed by atoms with E-state index in [1.165, 1.54) is 0 Å². The van der Waals surface area contributed by atoms with Crippen molar-refractivity contribution in [2.75, 3.05) is 33.3 Å². The van der Waals surface area contributed by atoms with Crippen molar-refractivity contribution in [3.63, 3.8) is 0 Å². The minimum atomic E-state index is 0.175. The summed E-state index contributed by atoms with van der Waals surface area (Å²) in [6.07, 6.45) is 2.69. The molecule has 1 aromatic carbocycles. The molecule has 2 amide bonds. The molecule has 0 bridgehead atoms. The van der Waals surface area contributed by atoms with Crippen molar-refractivity contribution < 1.29 is 14.3 Å². The molecule has 0 spiro atoms. The molecule has 1 saturated heterocycles. The molecule has 0 N–H and O–H groups in total. The second-order valence-corrected chi connectivity index (χ2v) is 7.06. The first-order chi connectivity index (χ1) is 12.0. The van der Waals surface area contributed by atoms with Crippen LogP contribution in [0.4, 0.5) is 0 Å². The van der Waals surface area contributed by atoms with Crippen LogP contribution < -0.4 is 4.74 Å². The van der Waals surface area contributed by atoms with Crippen LogP contribution in [0.5, 0.6) is 5.75 Å². The quantitative estimate of drug-likeness (QED) is 0.796. The summed E-state index contributed by atoms with van der Waals surface area (Å²) >= 11 is 0. The van der Waals surface area contributed by atoms with Crippen molar-refractivity contribution in [3.8, 4) is 5.75 Å². The first-order valence-electron chi connectivity index (χ1n) is 9.18. The molecule has 1 aromatic rings. The summed E-state index contributed by atoms with van der Waals surface area (Å²) in [6, 6.07) is 7.84. The third-order valence-electron chi connectivity index (χ3n) is 4.57. The zero-order chi connectivity index (χ0) is 18.2. The van der Waals surface area contributed by atoms with Crippen LogP contribution >= 0.6 is 0 Å². The molecule has 1 heterocycles. The second-order valence-electron chi connectivity index (χ2n) is 7.06. The molecule has 0 aromatic heterocycles. The zero-order valence-corrected chi connectivity index (χ0v) is 15.7. The molecule has 0 atom stereocenters. The standard InChI is InChI=1S/C20H30N2O3/c1-16(2)15-20(24)22-12-4-11-21(13-14-22)19(23)10-7-17-5-8-18(25-3)9-6-17/h5-6,8-9,16H,4,7,10-15H2,1-3H3. The maximum Gasteiger partial charge on any atom is 0.222 e. The van der Waals surface area contributed by atoms with E-state index in [1.54, 1.807) is 7.11 Å². The van der Waals surface area contributed by atoms with Crippen LogP contribution in [0.3, 0.4) is 0 Å². The Bertz CT molecular complexity index is 569. The topological polar surface area (TPSA) is 49.9 Å². The lowest BCUT2D eigenvalue weighted by Crippen LogP contribution is -2.37. The summed E-state index contributed by atoms with van der Waals surface area (Å²) in [7, 11) is 1.65. The molecule has 1 fully saturated rings. The third kappa shape index (κ3) is 6.07. The van der Waals surface area contributed by atoms with Crippen molar-refractivity contribution in [2.24, 2.45) is 5.92 Å². The van der Waals surface area contributed by atoms with Gasteiger partial charge in [0.25, 0.3) is 0 Å². The lowest BCUT2D eigenvalue weighted by molar-refractivity contribution is -0.134. The SMILES string of the molecule is COc1ccc(CCC(=O)N2CCCN(C(=O)CC(C)C)CC2)cc1. The van der Waals surface area contributed by atoms with E-state index in [9.17, 15) is 9.59 Å². The largest absolute Gasteiger partial charge is 0.497 e. The molecule has 5 heteroatoms. The predicted octanol–water partition coefficient (Wildman–Crippen LogP) is 2.73. The molecule has 0 unspecified atom stereocenters. The van der Waals surface area contributed by atoms with E-state index in [0.29, 0.717) is 31.8 Å². The summed E-state index contributed by atoms with van der Waals surface area (Å²) in [6.45, 7) is 6.92. The number of rotatable bonds is 6. The van der Waals surface area contributed by atoms with Gasteiger partial charge in [-0.15, -0.1) is 0 Å². The van der Waals surface area contributed by atoms with Gasteiger partial charge in [-0.25, -0.2) is 0 Å². The molecular formula is C20H30N2O3. The Morgan fingerprint density at radius 1 is 1.00 bits per heavy atom. The number of nitrogens with zero attached hydrogens (tertiary/aromatic N) is 2. The first-order valence-corrected chi connectivity index (χ1v) is 9.18. The normalized spacial score (nSPS) is 15.2. The highest BCUT2D eigenvalue weighted by Crippen LogP contribution is 2.14. The molecule has 1 aliphatic heterocycles. The van der Waals surface area contributed by atoms with Gasteiger partial charge in [0.15, 0.2) is 0 Å². The monoisotopic (exact) mass is 346 g/mol. The smallest absolute Gasteiger partial charge is 0.222 e. The Morgan fingerprint density at radius 3 is 2.16 bits per heavy atom. The number of hydrogen-bond acceptors (Lipinski definition) is 3. The number of amides is 2. The average molecular weight is 346 g/mol. The van der Waals surface area contributed by atoms with Crippen LogP contribution in [0, 0.1) is 5.92 Å². The van der Waals surface area contributed by atoms with Gasteiger partial charge in [0.1, 0.15) is 5.75 Å². The maximum absolute atomic E-state index is 12.5. The number of ether oxygens (including phenoxy) is 1. The fraction of sp³-hybridized carbons (Fsp3) is 0.600. The minimum Gasteiger partial charge on any atom is -0.497 e. The fourth-order valence-electron chi connectivity index (χ4n) is 3.10. The highest BCUT2D eigenvalue weighted by atomic mass is 16.5. The van der Waals surface area contributed by atoms with E-state index in [4.69, 9.17) is 4.74 Å². The Kier molecular flexibility index (Phi) is 7.29. The number of carbonyl (C=O) groups excluding carboxylic acids is 2. The van der Waals surface area contributed by atoms with Crippen LogP contribution in [-0.2, 0) is 16.0 Å². The van der Waals surface area contributed by atoms with Crippen molar-refractivity contribution in [1.29, 1.82) is 0 Å². The fourth-order valence-corrected chi connectivity index (χ4v) is 3.10. The molecule has 25 heavy (non-hydrogen) atoms. The Hall–Kier alpha value is -2.04. The van der Waals surface area contributed by atoms with Crippen LogP contribution in [0.15, 0.2) is 24.3 Å². The number of aryl methyl sites for hydroxylation is 1. The van der Waals surface area contributed by atoms with E-state index in [-0.39, 0.29) is 11.8 Å². The summed E-state index contributed by atoms with van der Waals surface area (Å²) in [5, 5.41) is 0. The summed E-state index contributed by atoms with van der Waals surface area (Å²) in [5.74, 6) is 1.59. The Labute approximate surface area is 150 Å². The van der Waals surface area contributed by atoms with E-state index < -0.39 is 0 Å². The molecule has 138 valence electrons. The number of hydrogen-bond donors (Lipinski definition) is 0. The first kappa shape index (κ1) is 19.3. The average Bonchev–Trinajstić information content (AvgIpc) is 2.86. The van der Waals surface area contributed by atoms with Crippen molar-refractivity contribution in [3.05, 3.63) is 29.8 Å². The van der Waals surface area contributed by atoms with Gasteiger partial charge in [-0.05, 0) is 36.5 Å². The van der Waals surface area contributed by atoms with Gasteiger partial charge in [-0.2, -0.15) is 0 Å². The maximum atomic E-state index is 12.5. The highest BCUT2D eigenvalue weighted by Gasteiger charge is 2.22. The molecule has 1 aliphatic rings. The summed E-state index contributed by atoms with van der Waals surface area (Å²) in [5.41, 5.74) is 1.14. The molecular weight excluding hydrogens is 316 g/mol. The van der Waals surface area contributed by atoms with E-state index >= 15 is 0 Å². The van der Waals surface area contributed by atoms with E-state index in [1.807, 2.05) is 34.1 Å². The van der Waals surface area contributed by atoms with Gasteiger partial charge in [-0.3, -0.25) is 9.59 Å². The van der Waals surface area contributed by atoms with Gasteiger partial charge in [0.05, 0.1) is 7.11 Å². The van der Waals surface area contributed by atoms with Gasteiger partial charge >= 0.3 is 0 Å². The lowest BCUT2D eigenvalue weighted by atomic mass is 10.1. The molecule has 0 radical (unpaired) electrons. The molecule has 5 nitrogen and oxygen atoms in total. The van der Waals surface area contributed by atoms with Crippen molar-refractivity contribution in [1.82, 2.24) is 9.80 Å². The minimum absolute atomic E-state index is 0.175. The van der Waals surface area contributed by atoms with Crippen LogP contribution in [-0.4, -0.2) is 54.9 Å². The van der Waals surface area contributed by atoms with Crippen molar-refractivity contribution in [2.45, 2.75) is 39.5 Å². The molecule has 0 aliphatic carbocycles. The summed E-state index contributed by atoms with van der Waals surface area (Å²) in [4.78, 5) is 28.5. The van der Waals surface area contributed by atoms with Gasteiger partial charge in [0.2, 0.25) is 11.8 Å². The van der Waals surface area contributed by atoms with E-state index in [2.05, 4.69) is 13.8 Å². The number of carbonyl (C=O) groups is 2. The number of benzene rings is 1. The van der Waals surface area contributed by atoms with Gasteiger partial charge in [-0.1, -0.05) is 26.0 Å². The predicted molar refractivity (Wildman–Crippen MR) is 98.5 cm³/mol. The lowest BCUT2D eigenvalue weighted by Gasteiger charge is -2.23.